The van der Waals surface area contributed by atoms with E-state index >= 15 is 0 Å². The molecule has 10 nitrogen and oxygen atoms in total. The molecule has 0 atom stereocenters. The molecule has 1 amide bonds. The van der Waals surface area contributed by atoms with Crippen molar-refractivity contribution in [2.45, 2.75) is 25.4 Å². The van der Waals surface area contributed by atoms with Gasteiger partial charge in [-0.15, -0.1) is 0 Å². The smallest absolute Gasteiger partial charge is 0.409 e. The third-order valence-electron chi connectivity index (χ3n) is 7.19. The molecule has 5 rings (SSSR count). The number of carboxylic acid groups (broad SMARTS) is 1. The van der Waals surface area contributed by atoms with Gasteiger partial charge in [0, 0.05) is 18.7 Å². The molecular formula is C29H30ClN5O5. The summed E-state index contributed by atoms with van der Waals surface area (Å²) in [5.41, 5.74) is 12.6. The molecule has 1 aromatic heterocycles. The van der Waals surface area contributed by atoms with Crippen LogP contribution < -0.4 is 20.9 Å². The molecule has 2 aliphatic rings. The molecule has 0 spiro atoms. The van der Waals surface area contributed by atoms with Gasteiger partial charge >= 0.3 is 12.1 Å². The van der Waals surface area contributed by atoms with E-state index in [0.717, 1.165) is 18.4 Å². The molecule has 2 aliphatic heterocycles. The molecule has 0 saturated carbocycles. The van der Waals surface area contributed by atoms with E-state index in [1.54, 1.807) is 17.0 Å². The van der Waals surface area contributed by atoms with E-state index in [0.29, 0.717) is 53.5 Å². The lowest BCUT2D eigenvalue weighted by Crippen LogP contribution is -2.37. The number of aliphatic carboxylic acids is 1. The number of hydrogen-bond donors (Lipinski definition) is 3. The zero-order valence-electron chi connectivity index (χ0n) is 22.0. The molecule has 4 N–H and O–H groups in total. The largest absolute Gasteiger partial charge is 0.487 e. The first-order valence-electron chi connectivity index (χ1n) is 12.9. The zero-order valence-corrected chi connectivity index (χ0v) is 22.7. The number of para-hydroxylation sites is 1. The zero-order chi connectivity index (χ0) is 28.2. The van der Waals surface area contributed by atoms with Crippen LogP contribution in [0.2, 0.25) is 5.02 Å². The molecule has 0 aliphatic carbocycles. The van der Waals surface area contributed by atoms with Crippen LogP contribution in [0.3, 0.4) is 0 Å². The van der Waals surface area contributed by atoms with Gasteiger partial charge in [-0.3, -0.25) is 0 Å². The number of carbonyl (C=O) groups is 2. The van der Waals surface area contributed by atoms with Crippen LogP contribution in [0.25, 0.3) is 11.3 Å². The lowest BCUT2D eigenvalue weighted by Gasteiger charge is -2.31. The van der Waals surface area contributed by atoms with E-state index in [2.05, 4.69) is 17.6 Å². The summed E-state index contributed by atoms with van der Waals surface area (Å²) in [6, 6.07) is 19.2. The molecule has 2 aromatic carbocycles. The molecule has 0 bridgehead atoms. The first-order chi connectivity index (χ1) is 19.4. The normalized spacial score (nSPS) is 15.8. The highest BCUT2D eigenvalue weighted by atomic mass is 35.5. The summed E-state index contributed by atoms with van der Waals surface area (Å²) in [6.07, 6.45) is 1.52. The van der Waals surface area contributed by atoms with Crippen LogP contribution in [0.4, 0.5) is 10.6 Å². The maximum absolute atomic E-state index is 11.8. The number of piperidine rings is 1. The fraction of sp³-hybridized carbons (Fsp3) is 0.276. The van der Waals surface area contributed by atoms with Gasteiger partial charge in [0.1, 0.15) is 24.0 Å². The fourth-order valence-electron chi connectivity index (χ4n) is 4.98. The van der Waals surface area contributed by atoms with Gasteiger partial charge in [-0.05, 0) is 54.2 Å². The molecule has 3 heterocycles. The predicted molar refractivity (Wildman–Crippen MR) is 151 cm³/mol. The number of hydrogen-bond acceptors (Lipinski definition) is 8. The van der Waals surface area contributed by atoms with Crippen LogP contribution in [0.1, 0.15) is 29.9 Å². The monoisotopic (exact) mass is 563 g/mol. The number of likely N-dealkylation sites (tertiary alicyclic amines) is 1. The summed E-state index contributed by atoms with van der Waals surface area (Å²) in [5.74, 6) is 0.357. The Bertz CT molecular complexity index is 1440. The summed E-state index contributed by atoms with van der Waals surface area (Å²) in [7, 11) is 1.41. The number of hydrazine groups is 1. The Balaban J connectivity index is 1.29. The van der Waals surface area contributed by atoms with Crippen molar-refractivity contribution in [1.29, 1.82) is 0 Å². The van der Waals surface area contributed by atoms with Crippen LogP contribution in [0.15, 0.2) is 72.1 Å². The number of amides is 1. The van der Waals surface area contributed by atoms with Gasteiger partial charge < -0.3 is 25.2 Å². The second-order valence-corrected chi connectivity index (χ2v) is 10.0. The van der Waals surface area contributed by atoms with Gasteiger partial charge in [0.05, 0.1) is 29.9 Å². The van der Waals surface area contributed by atoms with Crippen molar-refractivity contribution < 1.29 is 24.2 Å². The molecule has 11 heteroatoms. The number of nitrogens with two attached hydrogens (primary N) is 1. The van der Waals surface area contributed by atoms with Crippen molar-refractivity contribution in [3.05, 3.63) is 88.2 Å². The minimum absolute atomic E-state index is 0.0802. The highest BCUT2D eigenvalue weighted by Crippen LogP contribution is 2.37. The fourth-order valence-corrected chi connectivity index (χ4v) is 5.21. The first-order valence-corrected chi connectivity index (χ1v) is 13.3. The predicted octanol–water partition coefficient (Wildman–Crippen LogP) is 4.51. The standard InChI is InChI=1S/C29H30ClN5O5/c1-39-29(38)34-14-12-20(13-15-34)19-10-8-18(9-11-19)17-40-26-21(4-2-5-23(26)30)24-6-3-7-25(33-24)35-27(31)22(16-32-35)28(36)37/h2-11,20,32H,12-17,31H2,1H3,(H,36,37). The summed E-state index contributed by atoms with van der Waals surface area (Å²) in [5, 5.41) is 11.3. The van der Waals surface area contributed by atoms with Gasteiger partial charge in [0.25, 0.3) is 0 Å². The molecule has 40 heavy (non-hydrogen) atoms. The number of halogens is 1. The third-order valence-corrected chi connectivity index (χ3v) is 7.49. The van der Waals surface area contributed by atoms with Gasteiger partial charge in [0.2, 0.25) is 0 Å². The number of carboxylic acids is 1. The Morgan fingerprint density at radius 3 is 2.50 bits per heavy atom. The van der Waals surface area contributed by atoms with Crippen LogP contribution in [0.5, 0.6) is 5.75 Å². The topological polar surface area (TPSA) is 130 Å². The van der Waals surface area contributed by atoms with E-state index in [9.17, 15) is 14.7 Å². The Labute approximate surface area is 236 Å². The first kappa shape index (κ1) is 27.3. The second kappa shape index (κ2) is 11.8. The SMILES string of the molecule is COC(=O)N1CCC(c2ccc(COc3c(Cl)cccc3-c3cccc(N4NCC(C(=O)O)=C4N)n3)cc2)CC1. The maximum atomic E-state index is 11.8. The van der Waals surface area contributed by atoms with Crippen LogP contribution >= 0.6 is 11.6 Å². The van der Waals surface area contributed by atoms with E-state index in [-0.39, 0.29) is 24.0 Å². The average molecular weight is 564 g/mol. The van der Waals surface area contributed by atoms with Crippen molar-refractivity contribution in [2.24, 2.45) is 5.73 Å². The number of rotatable bonds is 7. The Hall–Kier alpha value is -4.28. The number of ether oxygens (including phenoxy) is 2. The summed E-state index contributed by atoms with van der Waals surface area (Å²) in [6.45, 7) is 1.78. The van der Waals surface area contributed by atoms with Crippen molar-refractivity contribution in [3.63, 3.8) is 0 Å². The minimum atomic E-state index is -1.08. The van der Waals surface area contributed by atoms with Crippen LogP contribution in [0, 0.1) is 0 Å². The van der Waals surface area contributed by atoms with E-state index in [1.165, 1.54) is 17.7 Å². The van der Waals surface area contributed by atoms with E-state index in [4.69, 9.17) is 31.8 Å². The Morgan fingerprint density at radius 1 is 1.10 bits per heavy atom. The summed E-state index contributed by atoms with van der Waals surface area (Å²) >= 11 is 6.56. The van der Waals surface area contributed by atoms with E-state index < -0.39 is 5.97 Å². The number of nitrogens with one attached hydrogen (secondary N) is 1. The highest BCUT2D eigenvalue weighted by molar-refractivity contribution is 6.32. The van der Waals surface area contributed by atoms with E-state index in [1.807, 2.05) is 36.4 Å². The van der Waals surface area contributed by atoms with Crippen LogP contribution in [-0.2, 0) is 16.1 Å². The molecular weight excluding hydrogens is 534 g/mol. The van der Waals surface area contributed by atoms with Gasteiger partial charge in [-0.1, -0.05) is 48.0 Å². The number of anilines is 1. The van der Waals surface area contributed by atoms with Crippen LogP contribution in [-0.4, -0.2) is 53.8 Å². The number of pyridine rings is 1. The van der Waals surface area contributed by atoms with Crippen molar-refractivity contribution in [2.75, 3.05) is 31.8 Å². The summed E-state index contributed by atoms with van der Waals surface area (Å²) in [4.78, 5) is 29.6. The second-order valence-electron chi connectivity index (χ2n) is 9.60. The molecule has 208 valence electrons. The highest BCUT2D eigenvalue weighted by Gasteiger charge is 2.27. The van der Waals surface area contributed by atoms with Gasteiger partial charge in [-0.25, -0.2) is 25.0 Å². The third kappa shape index (κ3) is 5.68. The number of aromatic nitrogens is 1. The van der Waals surface area contributed by atoms with Gasteiger partial charge in [0.15, 0.2) is 0 Å². The molecule has 3 aromatic rings. The molecule has 1 saturated heterocycles. The molecule has 0 radical (unpaired) electrons. The quantitative estimate of drug-likeness (QED) is 0.380. The maximum Gasteiger partial charge on any atom is 0.409 e. The molecule has 0 unspecified atom stereocenters. The van der Waals surface area contributed by atoms with Crippen molar-refractivity contribution in [3.8, 4) is 17.0 Å². The van der Waals surface area contributed by atoms with Crippen molar-refractivity contribution >= 4 is 29.5 Å². The number of nitrogens with zero attached hydrogens (tertiary/aromatic N) is 3. The number of methoxy groups -OCH3 is 1. The van der Waals surface area contributed by atoms with Crippen molar-refractivity contribution in [1.82, 2.24) is 15.3 Å². The van der Waals surface area contributed by atoms with Gasteiger partial charge in [-0.2, -0.15) is 0 Å². The Kier molecular flexibility index (Phi) is 8.09. The lowest BCUT2D eigenvalue weighted by molar-refractivity contribution is -0.132. The Morgan fingerprint density at radius 2 is 1.82 bits per heavy atom. The lowest BCUT2D eigenvalue weighted by atomic mass is 9.89. The number of carbonyl (C=O) groups excluding carboxylic acids is 1. The minimum Gasteiger partial charge on any atom is -0.487 e. The molecule has 1 fully saturated rings. The average Bonchev–Trinajstić information content (AvgIpc) is 3.38. The number of benzene rings is 2. The summed E-state index contributed by atoms with van der Waals surface area (Å²) < 4.78 is 11.0.